The molecule has 0 aliphatic carbocycles. The van der Waals surface area contributed by atoms with Crippen molar-refractivity contribution in [2.45, 2.75) is 35.6 Å². The maximum Gasteiger partial charge on any atom is 0.248 e. The van der Waals surface area contributed by atoms with Gasteiger partial charge in [0.15, 0.2) is 0 Å². The number of morpholine rings is 1. The number of thioether (sulfide) groups is 1. The highest BCUT2D eigenvalue weighted by Gasteiger charge is 2.53. The number of nitrogens with one attached hydrogen (secondary N) is 1. The molecule has 1 aromatic carbocycles. The molecule has 0 bridgehead atoms. The number of ether oxygens (including phenoxy) is 2. The zero-order valence-corrected chi connectivity index (χ0v) is 18.6. The molecule has 0 radical (unpaired) electrons. The maximum atomic E-state index is 13.0. The monoisotopic (exact) mass is 455 g/mol. The highest BCUT2D eigenvalue weighted by molar-refractivity contribution is 8.01. The van der Waals surface area contributed by atoms with Gasteiger partial charge in [-0.25, -0.2) is 8.42 Å². The Hall–Kier alpha value is -1.82. The first-order valence-corrected chi connectivity index (χ1v) is 12.2. The van der Waals surface area contributed by atoms with E-state index < -0.39 is 16.1 Å². The lowest BCUT2D eigenvalue weighted by molar-refractivity contribution is -0.135. The van der Waals surface area contributed by atoms with Crippen molar-refractivity contribution in [3.8, 4) is 5.75 Å². The van der Waals surface area contributed by atoms with Gasteiger partial charge in [-0.1, -0.05) is 0 Å². The Labute approximate surface area is 180 Å². The number of hydrogen-bond donors (Lipinski definition) is 1. The van der Waals surface area contributed by atoms with Gasteiger partial charge in [-0.3, -0.25) is 9.59 Å². The summed E-state index contributed by atoms with van der Waals surface area (Å²) in [6.45, 7) is 3.24. The van der Waals surface area contributed by atoms with Gasteiger partial charge in [-0.2, -0.15) is 4.31 Å². The van der Waals surface area contributed by atoms with Gasteiger partial charge >= 0.3 is 0 Å². The molecule has 1 N–H and O–H groups in total. The number of amides is 2. The Balaban J connectivity index is 1.58. The van der Waals surface area contributed by atoms with Gasteiger partial charge < -0.3 is 19.7 Å². The van der Waals surface area contributed by atoms with E-state index in [-0.39, 0.29) is 40.4 Å². The molecule has 3 aliphatic heterocycles. The van der Waals surface area contributed by atoms with Crippen LogP contribution in [0.3, 0.4) is 0 Å². The van der Waals surface area contributed by atoms with Crippen LogP contribution in [0.4, 0.5) is 5.69 Å². The van der Waals surface area contributed by atoms with Gasteiger partial charge in [0.1, 0.15) is 11.8 Å². The Morgan fingerprint density at radius 1 is 1.33 bits per heavy atom. The van der Waals surface area contributed by atoms with Crippen LogP contribution in [0.2, 0.25) is 0 Å². The van der Waals surface area contributed by atoms with E-state index in [0.29, 0.717) is 31.1 Å². The SMILES string of the molecule is COc1ccc(S(=O)(=O)N2CCOCC2)cc1NC(=O)[C@@H]1CS[C@]2(C)CCC(=O)N12. The van der Waals surface area contributed by atoms with Crippen LogP contribution in [0.1, 0.15) is 19.8 Å². The predicted molar refractivity (Wildman–Crippen MR) is 112 cm³/mol. The summed E-state index contributed by atoms with van der Waals surface area (Å²) in [5.41, 5.74) is 0.266. The van der Waals surface area contributed by atoms with Crippen molar-refractivity contribution in [3.63, 3.8) is 0 Å². The van der Waals surface area contributed by atoms with E-state index in [1.165, 1.54) is 29.6 Å². The summed E-state index contributed by atoms with van der Waals surface area (Å²) < 4.78 is 37.9. The van der Waals surface area contributed by atoms with Gasteiger partial charge in [0.05, 0.1) is 35.8 Å². The van der Waals surface area contributed by atoms with Crippen molar-refractivity contribution < 1.29 is 27.5 Å². The molecule has 2 atom stereocenters. The fourth-order valence-electron chi connectivity index (χ4n) is 4.11. The average Bonchev–Trinajstić information content (AvgIpc) is 3.24. The molecular weight excluding hydrogens is 430 g/mol. The molecule has 11 heteroatoms. The van der Waals surface area contributed by atoms with Gasteiger partial charge in [-0.15, -0.1) is 11.8 Å². The Morgan fingerprint density at radius 3 is 2.77 bits per heavy atom. The second-order valence-electron chi connectivity index (χ2n) is 7.63. The number of rotatable bonds is 5. The minimum atomic E-state index is -3.72. The van der Waals surface area contributed by atoms with Crippen molar-refractivity contribution >= 4 is 39.3 Å². The smallest absolute Gasteiger partial charge is 0.248 e. The average molecular weight is 456 g/mol. The van der Waals surface area contributed by atoms with E-state index in [1.54, 1.807) is 16.7 Å². The normalized spacial score (nSPS) is 27.2. The minimum absolute atomic E-state index is 0.0294. The molecule has 3 heterocycles. The molecule has 3 fully saturated rings. The summed E-state index contributed by atoms with van der Waals surface area (Å²) in [4.78, 5) is 26.7. The van der Waals surface area contributed by atoms with E-state index >= 15 is 0 Å². The molecule has 30 heavy (non-hydrogen) atoms. The van der Waals surface area contributed by atoms with Gasteiger partial charge in [-0.05, 0) is 31.5 Å². The summed E-state index contributed by atoms with van der Waals surface area (Å²) in [5, 5.41) is 2.79. The highest BCUT2D eigenvalue weighted by atomic mass is 32.2. The van der Waals surface area contributed by atoms with Crippen LogP contribution in [-0.2, 0) is 24.3 Å². The number of carbonyl (C=O) groups excluding carboxylic acids is 2. The molecule has 0 aromatic heterocycles. The third-order valence-corrected chi connectivity index (χ3v) is 9.18. The molecule has 0 spiro atoms. The lowest BCUT2D eigenvalue weighted by Gasteiger charge is -2.30. The number of carbonyl (C=O) groups is 2. The Kier molecular flexibility index (Phi) is 5.73. The molecule has 0 saturated carbocycles. The maximum absolute atomic E-state index is 13.0. The number of hydrogen-bond acceptors (Lipinski definition) is 7. The second kappa shape index (κ2) is 8.03. The van der Waals surface area contributed by atoms with Crippen LogP contribution in [0.15, 0.2) is 23.1 Å². The van der Waals surface area contributed by atoms with E-state index in [4.69, 9.17) is 9.47 Å². The Morgan fingerprint density at radius 2 is 2.07 bits per heavy atom. The zero-order valence-electron chi connectivity index (χ0n) is 16.9. The molecular formula is C19H25N3O6S2. The molecule has 0 unspecified atom stereocenters. The molecule has 2 amide bonds. The van der Waals surface area contributed by atoms with Crippen LogP contribution in [0.5, 0.6) is 5.75 Å². The third-order valence-electron chi connectivity index (χ3n) is 5.78. The largest absolute Gasteiger partial charge is 0.495 e. The Bertz CT molecular complexity index is 963. The van der Waals surface area contributed by atoms with Crippen LogP contribution < -0.4 is 10.1 Å². The predicted octanol–water partition coefficient (Wildman–Crippen LogP) is 1.11. The topological polar surface area (TPSA) is 105 Å². The number of fused-ring (bicyclic) bond motifs is 1. The summed E-state index contributed by atoms with van der Waals surface area (Å²) in [7, 11) is -2.27. The molecule has 1 aromatic rings. The minimum Gasteiger partial charge on any atom is -0.495 e. The number of benzene rings is 1. The fourth-order valence-corrected chi connectivity index (χ4v) is 6.98. The summed E-state index contributed by atoms with van der Waals surface area (Å²) in [5.74, 6) is 0.478. The molecule has 9 nitrogen and oxygen atoms in total. The van der Waals surface area contributed by atoms with Crippen molar-refractivity contribution in [1.82, 2.24) is 9.21 Å². The lowest BCUT2D eigenvalue weighted by atomic mass is 10.2. The zero-order chi connectivity index (χ0) is 21.5. The van der Waals surface area contributed by atoms with E-state index in [0.717, 1.165) is 6.42 Å². The molecule has 3 saturated heterocycles. The molecule has 4 rings (SSSR count). The number of methoxy groups -OCH3 is 1. The first-order valence-electron chi connectivity index (χ1n) is 9.79. The first-order chi connectivity index (χ1) is 14.3. The van der Waals surface area contributed by atoms with Crippen molar-refractivity contribution in [2.24, 2.45) is 0 Å². The van der Waals surface area contributed by atoms with Gasteiger partial charge in [0, 0.05) is 25.3 Å². The second-order valence-corrected chi connectivity index (χ2v) is 11.1. The molecule has 164 valence electrons. The van der Waals surface area contributed by atoms with Crippen LogP contribution in [-0.4, -0.2) is 79.5 Å². The van der Waals surface area contributed by atoms with E-state index in [9.17, 15) is 18.0 Å². The third kappa shape index (κ3) is 3.68. The van der Waals surface area contributed by atoms with E-state index in [1.807, 2.05) is 6.92 Å². The van der Waals surface area contributed by atoms with Crippen LogP contribution in [0.25, 0.3) is 0 Å². The number of sulfonamides is 1. The molecule has 3 aliphatic rings. The van der Waals surface area contributed by atoms with Crippen molar-refractivity contribution in [3.05, 3.63) is 18.2 Å². The summed E-state index contributed by atoms with van der Waals surface area (Å²) >= 11 is 1.60. The van der Waals surface area contributed by atoms with Crippen molar-refractivity contribution in [1.29, 1.82) is 0 Å². The van der Waals surface area contributed by atoms with Gasteiger partial charge in [0.2, 0.25) is 21.8 Å². The first kappa shape index (κ1) is 21.4. The number of anilines is 1. The summed E-state index contributed by atoms with van der Waals surface area (Å²) in [6.07, 6.45) is 1.15. The van der Waals surface area contributed by atoms with Crippen LogP contribution in [0, 0.1) is 0 Å². The van der Waals surface area contributed by atoms with Gasteiger partial charge in [0.25, 0.3) is 0 Å². The lowest BCUT2D eigenvalue weighted by Crippen LogP contribution is -2.48. The quantitative estimate of drug-likeness (QED) is 0.709. The fraction of sp³-hybridized carbons (Fsp3) is 0.579. The highest BCUT2D eigenvalue weighted by Crippen LogP contribution is 2.47. The number of nitrogens with zero attached hydrogens (tertiary/aromatic N) is 2. The summed E-state index contributed by atoms with van der Waals surface area (Å²) in [6, 6.07) is 3.80. The van der Waals surface area contributed by atoms with Crippen molar-refractivity contribution in [2.75, 3.05) is 44.5 Å². The standard InChI is InChI=1S/C19H25N3O6S2/c1-19-6-5-17(23)22(19)15(12-29-19)18(24)20-14-11-13(3-4-16(14)27-2)30(25,26)21-7-9-28-10-8-21/h3-4,11,15H,5-10,12H2,1-2H3,(H,20,24)/t15-,19+/m0/s1. The van der Waals surface area contributed by atoms with Crippen LogP contribution >= 0.6 is 11.8 Å². The van der Waals surface area contributed by atoms with E-state index in [2.05, 4.69) is 5.32 Å².